The maximum atomic E-state index is 13.1. The molecule has 0 bridgehead atoms. The predicted molar refractivity (Wildman–Crippen MR) is 120 cm³/mol. The highest BCUT2D eigenvalue weighted by Crippen LogP contribution is 2.35. The molecule has 6 rings (SSSR count). The van der Waals surface area contributed by atoms with Crippen LogP contribution in [0.15, 0.2) is 59.3 Å². The Morgan fingerprint density at radius 1 is 1.15 bits per heavy atom. The number of rotatable bonds is 5. The number of amides is 4. The van der Waals surface area contributed by atoms with Gasteiger partial charge in [-0.3, -0.25) is 14.9 Å². The number of carbonyl (C=O) groups is 3. The quantitative estimate of drug-likeness (QED) is 0.395. The lowest BCUT2D eigenvalue weighted by molar-refractivity contribution is -0.125. The fourth-order valence-electron chi connectivity index (χ4n) is 4.51. The summed E-state index contributed by atoms with van der Waals surface area (Å²) in [6, 6.07) is 11.7. The van der Waals surface area contributed by atoms with E-state index in [-0.39, 0.29) is 18.2 Å². The van der Waals surface area contributed by atoms with E-state index in [1.54, 1.807) is 30.5 Å². The lowest BCUT2D eigenvalue weighted by Crippen LogP contribution is -2.52. The number of nitrogens with one attached hydrogen (secondary N) is 3. The summed E-state index contributed by atoms with van der Waals surface area (Å²) >= 11 is 0. The van der Waals surface area contributed by atoms with Gasteiger partial charge in [0.1, 0.15) is 17.0 Å². The third-order valence-electron chi connectivity index (χ3n) is 6.25. The molecular weight excluding hydrogens is 438 g/mol. The van der Waals surface area contributed by atoms with Crippen LogP contribution >= 0.6 is 0 Å². The summed E-state index contributed by atoms with van der Waals surface area (Å²) in [5.74, 6) is -0.0852. The van der Waals surface area contributed by atoms with Gasteiger partial charge in [-0.15, -0.1) is 0 Å². The van der Waals surface area contributed by atoms with E-state index in [0.717, 1.165) is 16.8 Å². The largest absolute Gasteiger partial charge is 0.497 e. The SMILES string of the molecule is COc1ccc2c(c1)C(=O)N(CC1(c3cc4nc(-c5cc[nH]c5)ccc4o3)NC(=O)NC1=O)C2. The van der Waals surface area contributed by atoms with Crippen molar-refractivity contribution < 1.29 is 23.5 Å². The van der Waals surface area contributed by atoms with Crippen molar-refractivity contribution in [2.45, 2.75) is 12.1 Å². The number of benzene rings is 1. The fourth-order valence-corrected chi connectivity index (χ4v) is 4.51. The molecule has 3 aromatic heterocycles. The van der Waals surface area contributed by atoms with Gasteiger partial charge in [-0.25, -0.2) is 9.78 Å². The number of pyridine rings is 1. The second-order valence-corrected chi connectivity index (χ2v) is 8.29. The van der Waals surface area contributed by atoms with Crippen molar-refractivity contribution in [3.63, 3.8) is 0 Å². The molecule has 170 valence electrons. The maximum absolute atomic E-state index is 13.1. The molecule has 2 aliphatic rings. The predicted octanol–water partition coefficient (Wildman–Crippen LogP) is 2.52. The molecule has 10 heteroatoms. The minimum atomic E-state index is -1.59. The van der Waals surface area contributed by atoms with Crippen LogP contribution in [0, 0.1) is 0 Å². The van der Waals surface area contributed by atoms with Gasteiger partial charge in [-0.2, -0.15) is 0 Å². The second kappa shape index (κ2) is 7.20. The fraction of sp³-hybridized carbons (Fsp3) is 0.167. The van der Waals surface area contributed by atoms with Crippen LogP contribution in [-0.2, 0) is 16.9 Å². The van der Waals surface area contributed by atoms with Crippen LogP contribution in [0.1, 0.15) is 21.7 Å². The summed E-state index contributed by atoms with van der Waals surface area (Å²) in [6.07, 6.45) is 3.63. The Morgan fingerprint density at radius 2 is 2.03 bits per heavy atom. The van der Waals surface area contributed by atoms with Gasteiger partial charge in [0, 0.05) is 36.1 Å². The summed E-state index contributed by atoms with van der Waals surface area (Å²) < 4.78 is 11.2. The summed E-state index contributed by atoms with van der Waals surface area (Å²) in [5, 5.41) is 4.97. The number of carbonyl (C=O) groups excluding carboxylic acids is 3. The normalized spacial score (nSPS) is 19.4. The van der Waals surface area contributed by atoms with E-state index >= 15 is 0 Å². The van der Waals surface area contributed by atoms with E-state index in [4.69, 9.17) is 9.15 Å². The number of H-pyrrole nitrogens is 1. The van der Waals surface area contributed by atoms with Crippen molar-refractivity contribution in [1.29, 1.82) is 0 Å². The molecule has 0 saturated carbocycles. The van der Waals surface area contributed by atoms with E-state index in [1.165, 1.54) is 12.0 Å². The number of fused-ring (bicyclic) bond motifs is 2. The Labute approximate surface area is 192 Å². The van der Waals surface area contributed by atoms with Gasteiger partial charge in [0.25, 0.3) is 11.8 Å². The molecule has 1 unspecified atom stereocenters. The molecular formula is C24H19N5O5. The zero-order valence-electron chi connectivity index (χ0n) is 18.0. The Morgan fingerprint density at radius 3 is 2.76 bits per heavy atom. The molecule has 5 heterocycles. The number of aromatic amines is 1. The van der Waals surface area contributed by atoms with Crippen molar-refractivity contribution in [3.8, 4) is 17.0 Å². The summed E-state index contributed by atoms with van der Waals surface area (Å²) in [6.45, 7) is 0.185. The topological polar surface area (TPSA) is 130 Å². The van der Waals surface area contributed by atoms with Crippen molar-refractivity contribution >= 4 is 28.9 Å². The Balaban J connectivity index is 1.39. The summed E-state index contributed by atoms with van der Waals surface area (Å²) in [4.78, 5) is 47.6. The van der Waals surface area contributed by atoms with E-state index in [2.05, 4.69) is 20.6 Å². The molecule has 1 fully saturated rings. The summed E-state index contributed by atoms with van der Waals surface area (Å²) in [5.41, 5.74) is 2.35. The number of ether oxygens (including phenoxy) is 1. The van der Waals surface area contributed by atoms with Crippen molar-refractivity contribution in [3.05, 3.63) is 71.7 Å². The van der Waals surface area contributed by atoms with Crippen molar-refractivity contribution in [2.75, 3.05) is 13.7 Å². The van der Waals surface area contributed by atoms with Crippen molar-refractivity contribution in [2.24, 2.45) is 0 Å². The molecule has 4 amide bonds. The van der Waals surface area contributed by atoms with Gasteiger partial charge in [-0.05, 0) is 35.9 Å². The number of hydrogen-bond donors (Lipinski definition) is 3. The number of aromatic nitrogens is 2. The molecule has 2 aliphatic heterocycles. The minimum absolute atomic E-state index is 0.106. The molecule has 0 spiro atoms. The van der Waals surface area contributed by atoms with Gasteiger partial charge in [0.05, 0.1) is 19.3 Å². The first-order valence-electron chi connectivity index (χ1n) is 10.6. The van der Waals surface area contributed by atoms with E-state index in [0.29, 0.717) is 29.0 Å². The molecule has 34 heavy (non-hydrogen) atoms. The lowest BCUT2D eigenvalue weighted by Gasteiger charge is -2.28. The van der Waals surface area contributed by atoms with Gasteiger partial charge in [0.15, 0.2) is 11.1 Å². The standard InChI is InChI=1S/C24H19N5O5/c1-33-15-3-2-14-11-29(21(30)16(14)8-15)12-24(22(31)27-23(32)28-24)20-9-18-19(34-20)5-4-17(26-18)13-6-7-25-10-13/h2-10,25H,11-12H2,1H3,(H2,27,28,31,32). The number of methoxy groups -OCH3 is 1. The second-order valence-electron chi connectivity index (χ2n) is 8.29. The number of imide groups is 1. The average molecular weight is 457 g/mol. The van der Waals surface area contributed by atoms with E-state index in [1.807, 2.05) is 24.4 Å². The van der Waals surface area contributed by atoms with E-state index in [9.17, 15) is 14.4 Å². The molecule has 0 radical (unpaired) electrons. The number of urea groups is 1. The highest BCUT2D eigenvalue weighted by molar-refractivity contribution is 6.08. The third kappa shape index (κ3) is 2.95. The first-order valence-corrected chi connectivity index (χ1v) is 10.6. The first kappa shape index (κ1) is 20.0. The smallest absolute Gasteiger partial charge is 0.322 e. The zero-order valence-corrected chi connectivity index (χ0v) is 18.0. The molecule has 0 aliphatic carbocycles. The van der Waals surface area contributed by atoms with Gasteiger partial charge in [-0.1, -0.05) is 6.07 Å². The van der Waals surface area contributed by atoms with Crippen LogP contribution in [0.25, 0.3) is 22.4 Å². The highest BCUT2D eigenvalue weighted by Gasteiger charge is 2.53. The minimum Gasteiger partial charge on any atom is -0.497 e. The van der Waals surface area contributed by atoms with Crippen LogP contribution in [-0.4, -0.2) is 46.4 Å². The third-order valence-corrected chi connectivity index (χ3v) is 6.25. The molecule has 1 aromatic carbocycles. The molecule has 4 aromatic rings. The maximum Gasteiger partial charge on any atom is 0.322 e. The van der Waals surface area contributed by atoms with Crippen LogP contribution in [0.3, 0.4) is 0 Å². The molecule has 3 N–H and O–H groups in total. The Bertz CT molecular complexity index is 1470. The number of furan rings is 1. The van der Waals surface area contributed by atoms with Gasteiger partial charge >= 0.3 is 6.03 Å². The summed E-state index contributed by atoms with van der Waals surface area (Å²) in [7, 11) is 1.53. The Kier molecular flexibility index (Phi) is 4.25. The Hall–Kier alpha value is -4.60. The first-order chi connectivity index (χ1) is 16.5. The monoisotopic (exact) mass is 457 g/mol. The van der Waals surface area contributed by atoms with Crippen LogP contribution in [0.4, 0.5) is 4.79 Å². The zero-order chi connectivity index (χ0) is 23.4. The van der Waals surface area contributed by atoms with Crippen LogP contribution in [0.5, 0.6) is 5.75 Å². The van der Waals surface area contributed by atoms with Crippen LogP contribution < -0.4 is 15.4 Å². The average Bonchev–Trinajstić information content (AvgIpc) is 3.61. The molecule has 1 atom stereocenters. The highest BCUT2D eigenvalue weighted by atomic mass is 16.5. The molecule has 1 saturated heterocycles. The number of hydrogen-bond acceptors (Lipinski definition) is 6. The molecule has 10 nitrogen and oxygen atoms in total. The number of nitrogens with zero attached hydrogens (tertiary/aromatic N) is 2. The van der Waals surface area contributed by atoms with Crippen LogP contribution in [0.2, 0.25) is 0 Å². The van der Waals surface area contributed by atoms with Gasteiger partial charge < -0.3 is 24.4 Å². The van der Waals surface area contributed by atoms with Gasteiger partial charge in [0.2, 0.25) is 0 Å². The lowest BCUT2D eigenvalue weighted by atomic mass is 9.95. The van der Waals surface area contributed by atoms with E-state index < -0.39 is 17.5 Å². The van der Waals surface area contributed by atoms with Crippen molar-refractivity contribution in [1.82, 2.24) is 25.5 Å².